The summed E-state index contributed by atoms with van der Waals surface area (Å²) in [6.45, 7) is 3.61. The molecular weight excluding hydrogens is 247 g/mol. The molecule has 0 atom stereocenters. The Morgan fingerprint density at radius 3 is 2.31 bits per heavy atom. The molecule has 1 aromatic heterocycles. The smallest absolute Gasteiger partial charge is 0.253 e. The summed E-state index contributed by atoms with van der Waals surface area (Å²) >= 11 is 11.9. The molecule has 0 aromatic carbocycles. The van der Waals surface area contributed by atoms with Crippen molar-refractivity contribution >= 4 is 35.5 Å². The van der Waals surface area contributed by atoms with E-state index in [9.17, 15) is 0 Å². The first-order chi connectivity index (χ1) is 7.54. The molecule has 0 saturated carbocycles. The summed E-state index contributed by atoms with van der Waals surface area (Å²) in [6.07, 6.45) is 3.81. The Kier molecular flexibility index (Phi) is 4.71. The molecule has 1 heterocycles. The lowest BCUT2D eigenvalue weighted by Crippen LogP contribution is -2.07. The van der Waals surface area contributed by atoms with Crippen LogP contribution in [0.1, 0.15) is 5.56 Å². The van der Waals surface area contributed by atoms with Gasteiger partial charge in [0.15, 0.2) is 0 Å². The Bertz CT molecular complexity index is 392. The van der Waals surface area contributed by atoms with Crippen molar-refractivity contribution in [1.29, 1.82) is 0 Å². The third-order valence-corrected chi connectivity index (χ3v) is 2.27. The van der Waals surface area contributed by atoms with Gasteiger partial charge in [0.1, 0.15) is 10.3 Å². The van der Waals surface area contributed by atoms with Gasteiger partial charge in [-0.3, -0.25) is 0 Å². The molecule has 4 nitrogen and oxygen atoms in total. The zero-order chi connectivity index (χ0) is 12.1. The number of aromatic nitrogens is 2. The maximum atomic E-state index is 5.96. The van der Waals surface area contributed by atoms with E-state index < -0.39 is 0 Å². The van der Waals surface area contributed by atoms with Crippen molar-refractivity contribution in [3.8, 4) is 0 Å². The average Bonchev–Trinajstić information content (AvgIpc) is 2.20. The van der Waals surface area contributed by atoms with Crippen LogP contribution in [0.2, 0.25) is 10.3 Å². The molecule has 6 heteroatoms. The summed E-state index contributed by atoms with van der Waals surface area (Å²) in [6, 6.07) is 0. The fourth-order valence-corrected chi connectivity index (χ4v) is 1.49. The highest BCUT2D eigenvalue weighted by Crippen LogP contribution is 2.24. The molecular formula is C10H12Cl2N4. The molecule has 0 N–H and O–H groups in total. The lowest BCUT2D eigenvalue weighted by Gasteiger charge is -2.05. The first-order valence-electron chi connectivity index (χ1n) is 4.58. The van der Waals surface area contributed by atoms with Crippen molar-refractivity contribution in [2.45, 2.75) is 6.42 Å². The third-order valence-electron chi connectivity index (χ3n) is 1.65. The fraction of sp³-hybridized carbons (Fsp3) is 0.300. The van der Waals surface area contributed by atoms with Crippen molar-refractivity contribution in [1.82, 2.24) is 14.9 Å². The zero-order valence-electron chi connectivity index (χ0n) is 9.11. The van der Waals surface area contributed by atoms with Gasteiger partial charge in [-0.05, 0) is 6.42 Å². The third kappa shape index (κ3) is 3.47. The summed E-state index contributed by atoms with van der Waals surface area (Å²) < 4.78 is 0. The van der Waals surface area contributed by atoms with Crippen molar-refractivity contribution in [2.75, 3.05) is 14.1 Å². The van der Waals surface area contributed by atoms with Gasteiger partial charge >= 0.3 is 0 Å². The van der Waals surface area contributed by atoms with E-state index in [1.54, 1.807) is 17.3 Å². The van der Waals surface area contributed by atoms with Crippen LogP contribution >= 0.6 is 23.2 Å². The molecule has 0 spiro atoms. The molecule has 0 aliphatic carbocycles. The van der Waals surface area contributed by atoms with Crippen LogP contribution in [-0.4, -0.2) is 35.3 Å². The first-order valence-corrected chi connectivity index (χ1v) is 5.33. The predicted octanol–water partition coefficient (Wildman–Crippen LogP) is 2.73. The molecule has 16 heavy (non-hydrogen) atoms. The number of allylic oxidation sites excluding steroid dienone is 1. The van der Waals surface area contributed by atoms with Gasteiger partial charge in [-0.2, -0.15) is 9.97 Å². The number of rotatable bonds is 4. The Labute approximate surface area is 105 Å². The highest BCUT2D eigenvalue weighted by Gasteiger charge is 2.09. The largest absolute Gasteiger partial charge is 0.369 e. The van der Waals surface area contributed by atoms with Crippen molar-refractivity contribution in [3.63, 3.8) is 0 Å². The van der Waals surface area contributed by atoms with Gasteiger partial charge < -0.3 is 4.90 Å². The monoisotopic (exact) mass is 258 g/mol. The Morgan fingerprint density at radius 2 is 1.88 bits per heavy atom. The van der Waals surface area contributed by atoms with Crippen LogP contribution in [0.3, 0.4) is 0 Å². The second-order valence-electron chi connectivity index (χ2n) is 3.28. The van der Waals surface area contributed by atoms with E-state index in [1.807, 2.05) is 14.1 Å². The SMILES string of the molecule is C=CCc1c(Cl)nc(N=CN(C)C)nc1Cl. The molecule has 1 aromatic rings. The topological polar surface area (TPSA) is 41.4 Å². The lowest BCUT2D eigenvalue weighted by atomic mass is 10.2. The maximum absolute atomic E-state index is 5.96. The van der Waals surface area contributed by atoms with Gasteiger partial charge in [0.05, 0.1) is 6.34 Å². The van der Waals surface area contributed by atoms with Crippen molar-refractivity contribution in [3.05, 3.63) is 28.5 Å². The van der Waals surface area contributed by atoms with Crippen LogP contribution in [0, 0.1) is 0 Å². The minimum atomic E-state index is 0.247. The predicted molar refractivity (Wildman–Crippen MR) is 67.8 cm³/mol. The number of hydrogen-bond acceptors (Lipinski definition) is 3. The van der Waals surface area contributed by atoms with E-state index in [0.29, 0.717) is 22.3 Å². The molecule has 0 saturated heterocycles. The zero-order valence-corrected chi connectivity index (χ0v) is 10.6. The summed E-state index contributed by atoms with van der Waals surface area (Å²) in [4.78, 5) is 13.8. The van der Waals surface area contributed by atoms with E-state index in [4.69, 9.17) is 23.2 Å². The number of hydrogen-bond donors (Lipinski definition) is 0. The standard InChI is InChI=1S/C10H12Cl2N4/c1-4-5-7-8(11)14-10(15-9(7)12)13-6-16(2)3/h4,6H,1,5H2,2-3H3. The highest BCUT2D eigenvalue weighted by molar-refractivity contribution is 6.34. The van der Waals surface area contributed by atoms with Crippen molar-refractivity contribution in [2.24, 2.45) is 4.99 Å². The molecule has 86 valence electrons. The molecule has 0 fully saturated rings. The van der Waals surface area contributed by atoms with E-state index in [1.165, 1.54) is 0 Å². The Hall–Kier alpha value is -1.13. The molecule has 0 radical (unpaired) electrons. The second-order valence-corrected chi connectivity index (χ2v) is 4.00. The van der Waals surface area contributed by atoms with E-state index in [2.05, 4.69) is 21.5 Å². The van der Waals surface area contributed by atoms with Crippen LogP contribution in [0.25, 0.3) is 0 Å². The second kappa shape index (κ2) is 5.82. The molecule has 1 rings (SSSR count). The Balaban J connectivity index is 3.04. The van der Waals surface area contributed by atoms with Gasteiger partial charge in [-0.25, -0.2) is 4.99 Å². The lowest BCUT2D eigenvalue weighted by molar-refractivity contribution is 0.642. The molecule has 0 unspecified atom stereocenters. The van der Waals surface area contributed by atoms with Crippen molar-refractivity contribution < 1.29 is 0 Å². The van der Waals surface area contributed by atoms with Gasteiger partial charge in [-0.1, -0.05) is 29.3 Å². The first kappa shape index (κ1) is 12.9. The molecule has 0 aliphatic rings. The average molecular weight is 259 g/mol. The number of nitrogens with zero attached hydrogens (tertiary/aromatic N) is 4. The van der Waals surface area contributed by atoms with Gasteiger partial charge in [0, 0.05) is 19.7 Å². The van der Waals surface area contributed by atoms with Crippen LogP contribution in [0.5, 0.6) is 0 Å². The Morgan fingerprint density at radius 1 is 1.31 bits per heavy atom. The minimum absolute atomic E-state index is 0.247. The van der Waals surface area contributed by atoms with E-state index in [0.717, 1.165) is 0 Å². The minimum Gasteiger partial charge on any atom is -0.369 e. The van der Waals surface area contributed by atoms with Crippen LogP contribution in [0.15, 0.2) is 17.6 Å². The van der Waals surface area contributed by atoms with Gasteiger partial charge in [0.2, 0.25) is 0 Å². The van der Waals surface area contributed by atoms with E-state index in [-0.39, 0.29) is 5.95 Å². The van der Waals surface area contributed by atoms with Crippen LogP contribution in [-0.2, 0) is 6.42 Å². The summed E-state index contributed by atoms with van der Waals surface area (Å²) in [5.74, 6) is 0.247. The summed E-state index contributed by atoms with van der Waals surface area (Å²) in [5.41, 5.74) is 0.669. The van der Waals surface area contributed by atoms with Crippen LogP contribution in [0.4, 0.5) is 5.95 Å². The summed E-state index contributed by atoms with van der Waals surface area (Å²) in [5, 5.41) is 0.622. The van der Waals surface area contributed by atoms with Gasteiger partial charge in [0.25, 0.3) is 5.95 Å². The number of aliphatic imine (C=N–C) groups is 1. The van der Waals surface area contributed by atoms with E-state index >= 15 is 0 Å². The maximum Gasteiger partial charge on any atom is 0.253 e. The normalized spacial score (nSPS) is 10.8. The quantitative estimate of drug-likeness (QED) is 0.361. The van der Waals surface area contributed by atoms with Gasteiger partial charge in [-0.15, -0.1) is 6.58 Å². The molecule has 0 bridgehead atoms. The summed E-state index contributed by atoms with van der Waals surface area (Å²) in [7, 11) is 3.69. The highest BCUT2D eigenvalue weighted by atomic mass is 35.5. The van der Waals surface area contributed by atoms with Crippen LogP contribution < -0.4 is 0 Å². The molecule has 0 amide bonds. The number of halogens is 2. The molecule has 0 aliphatic heterocycles. The fourth-order valence-electron chi connectivity index (χ4n) is 0.958.